The zero-order valence-corrected chi connectivity index (χ0v) is 12.0. The van der Waals surface area contributed by atoms with Crippen LogP contribution in [0.4, 0.5) is 0 Å². The third kappa shape index (κ3) is 4.65. The summed E-state index contributed by atoms with van der Waals surface area (Å²) in [6.45, 7) is 4.74. The molecule has 0 unspecified atom stereocenters. The molecule has 1 aromatic rings. The summed E-state index contributed by atoms with van der Waals surface area (Å²) in [5.74, 6) is -0.0598. The third-order valence-corrected chi connectivity index (χ3v) is 2.78. The van der Waals surface area contributed by atoms with Crippen LogP contribution >= 0.6 is 0 Å². The molecule has 19 heavy (non-hydrogen) atoms. The summed E-state index contributed by atoms with van der Waals surface area (Å²) in [5.41, 5.74) is 1.59. The van der Waals surface area contributed by atoms with E-state index in [0.29, 0.717) is 18.8 Å². The molecule has 0 spiro atoms. The fourth-order valence-electron chi connectivity index (χ4n) is 1.89. The Kier molecular flexibility index (Phi) is 6.53. The predicted octanol–water partition coefficient (Wildman–Crippen LogP) is 2.63. The summed E-state index contributed by atoms with van der Waals surface area (Å²) in [6, 6.07) is 7.50. The smallest absolute Gasteiger partial charge is 0.338 e. The number of rotatable bonds is 7. The van der Waals surface area contributed by atoms with Crippen molar-refractivity contribution in [3.8, 4) is 0 Å². The monoisotopic (exact) mass is 266 g/mol. The van der Waals surface area contributed by atoms with E-state index in [4.69, 9.17) is 14.2 Å². The number of hydrogen-bond donors (Lipinski definition) is 0. The first-order valence-corrected chi connectivity index (χ1v) is 6.38. The van der Waals surface area contributed by atoms with Gasteiger partial charge in [-0.25, -0.2) is 4.79 Å². The fraction of sp³-hybridized carbons (Fsp3) is 0.533. The van der Waals surface area contributed by atoms with E-state index >= 15 is 0 Å². The van der Waals surface area contributed by atoms with Crippen molar-refractivity contribution in [3.63, 3.8) is 0 Å². The lowest BCUT2D eigenvalue weighted by Crippen LogP contribution is -2.28. The van der Waals surface area contributed by atoms with E-state index in [-0.39, 0.29) is 18.0 Å². The van der Waals surface area contributed by atoms with Crippen molar-refractivity contribution in [1.29, 1.82) is 0 Å². The van der Waals surface area contributed by atoms with Gasteiger partial charge in [-0.15, -0.1) is 0 Å². The minimum absolute atomic E-state index is 0.270. The molecule has 0 bridgehead atoms. The molecule has 0 aromatic heterocycles. The second-order valence-corrected chi connectivity index (χ2v) is 4.68. The van der Waals surface area contributed by atoms with Gasteiger partial charge in [0.15, 0.2) is 0 Å². The number of benzene rings is 1. The Morgan fingerprint density at radius 2 is 1.68 bits per heavy atom. The Morgan fingerprint density at radius 1 is 1.11 bits per heavy atom. The molecule has 0 saturated carbocycles. The van der Waals surface area contributed by atoms with Crippen molar-refractivity contribution < 1.29 is 19.0 Å². The Morgan fingerprint density at radius 3 is 2.21 bits per heavy atom. The Balaban J connectivity index is 2.82. The van der Waals surface area contributed by atoms with Crippen molar-refractivity contribution in [3.05, 3.63) is 35.4 Å². The minimum Gasteiger partial charge on any atom is -0.454 e. The van der Waals surface area contributed by atoms with Crippen LogP contribution in [0.25, 0.3) is 0 Å². The van der Waals surface area contributed by atoms with Crippen LogP contribution in [0, 0.1) is 0 Å². The van der Waals surface area contributed by atoms with E-state index < -0.39 is 0 Å². The van der Waals surface area contributed by atoms with Crippen LogP contribution in [0.3, 0.4) is 0 Å². The van der Waals surface area contributed by atoms with Crippen molar-refractivity contribution in [2.45, 2.75) is 25.9 Å². The Hall–Kier alpha value is -1.39. The van der Waals surface area contributed by atoms with E-state index in [1.54, 1.807) is 20.3 Å². The van der Waals surface area contributed by atoms with Gasteiger partial charge in [0.2, 0.25) is 0 Å². The van der Waals surface area contributed by atoms with E-state index in [0.717, 1.165) is 5.56 Å². The van der Waals surface area contributed by atoms with Crippen molar-refractivity contribution in [2.24, 2.45) is 0 Å². The topological polar surface area (TPSA) is 44.8 Å². The van der Waals surface area contributed by atoms with Crippen LogP contribution in [0.1, 0.15) is 35.7 Å². The highest BCUT2D eigenvalue weighted by Gasteiger charge is 2.19. The molecule has 4 nitrogen and oxygen atoms in total. The lowest BCUT2D eigenvalue weighted by atomic mass is 9.97. The van der Waals surface area contributed by atoms with Crippen LogP contribution in [-0.2, 0) is 14.2 Å². The summed E-state index contributed by atoms with van der Waals surface area (Å²) in [6.07, 6.45) is -0.386. The molecule has 4 heteroatoms. The second kappa shape index (κ2) is 7.92. The van der Waals surface area contributed by atoms with E-state index in [9.17, 15) is 4.79 Å². The number of carbonyl (C=O) groups excluding carboxylic acids is 1. The molecule has 106 valence electrons. The maximum Gasteiger partial charge on any atom is 0.338 e. The molecule has 0 aliphatic heterocycles. The van der Waals surface area contributed by atoms with Gasteiger partial charge in [-0.05, 0) is 17.5 Å². The minimum atomic E-state index is -0.386. The van der Waals surface area contributed by atoms with E-state index in [1.807, 2.05) is 32.0 Å². The molecule has 1 aromatic carbocycles. The van der Waals surface area contributed by atoms with Crippen LogP contribution in [0.2, 0.25) is 0 Å². The molecule has 0 radical (unpaired) electrons. The first-order chi connectivity index (χ1) is 9.10. The van der Waals surface area contributed by atoms with Crippen molar-refractivity contribution in [2.75, 3.05) is 27.4 Å². The third-order valence-electron chi connectivity index (χ3n) is 2.78. The van der Waals surface area contributed by atoms with Crippen LogP contribution < -0.4 is 0 Å². The maximum absolute atomic E-state index is 12.2. The molecule has 0 saturated heterocycles. The average Bonchev–Trinajstić information content (AvgIpc) is 2.39. The number of hydrogen-bond acceptors (Lipinski definition) is 4. The number of carbonyl (C=O) groups is 1. The summed E-state index contributed by atoms with van der Waals surface area (Å²) in [7, 11) is 3.14. The van der Waals surface area contributed by atoms with E-state index in [2.05, 4.69) is 0 Å². The number of ether oxygens (including phenoxy) is 3. The maximum atomic E-state index is 12.2. The van der Waals surface area contributed by atoms with E-state index in [1.165, 1.54) is 0 Å². The molecular weight excluding hydrogens is 244 g/mol. The summed E-state index contributed by atoms with van der Waals surface area (Å²) < 4.78 is 15.4. The lowest BCUT2D eigenvalue weighted by molar-refractivity contribution is -0.0224. The van der Waals surface area contributed by atoms with Gasteiger partial charge in [-0.2, -0.15) is 0 Å². The van der Waals surface area contributed by atoms with Crippen LogP contribution in [0.15, 0.2) is 24.3 Å². The molecule has 0 amide bonds. The largest absolute Gasteiger partial charge is 0.454 e. The van der Waals surface area contributed by atoms with Gasteiger partial charge in [-0.3, -0.25) is 0 Å². The molecular formula is C15H22O4. The first kappa shape index (κ1) is 15.7. The molecule has 0 N–H and O–H groups in total. The highest BCUT2D eigenvalue weighted by atomic mass is 16.6. The highest BCUT2D eigenvalue weighted by Crippen LogP contribution is 2.20. The zero-order valence-electron chi connectivity index (χ0n) is 12.0. The van der Waals surface area contributed by atoms with Gasteiger partial charge in [-0.1, -0.05) is 32.0 Å². The average molecular weight is 266 g/mol. The first-order valence-electron chi connectivity index (χ1n) is 6.38. The molecule has 1 rings (SSSR count). The number of methoxy groups -OCH3 is 2. The van der Waals surface area contributed by atoms with Gasteiger partial charge in [0.25, 0.3) is 0 Å². The van der Waals surface area contributed by atoms with Crippen molar-refractivity contribution >= 4 is 5.97 Å². The van der Waals surface area contributed by atoms with Crippen molar-refractivity contribution in [1.82, 2.24) is 0 Å². The van der Waals surface area contributed by atoms with Crippen LogP contribution in [0.5, 0.6) is 0 Å². The van der Waals surface area contributed by atoms with Gasteiger partial charge in [0, 0.05) is 14.2 Å². The van der Waals surface area contributed by atoms with Crippen LogP contribution in [-0.4, -0.2) is 39.5 Å². The normalized spacial score (nSPS) is 11.1. The Bertz CT molecular complexity index is 395. The Labute approximate surface area is 114 Å². The number of esters is 1. The second-order valence-electron chi connectivity index (χ2n) is 4.68. The SMILES string of the molecule is COCC(COC)OC(=O)c1ccccc1C(C)C. The summed E-state index contributed by atoms with van der Waals surface area (Å²) in [5, 5.41) is 0. The van der Waals surface area contributed by atoms with Gasteiger partial charge in [0.05, 0.1) is 18.8 Å². The van der Waals surface area contributed by atoms with Gasteiger partial charge in [0.1, 0.15) is 6.10 Å². The predicted molar refractivity (Wildman–Crippen MR) is 73.5 cm³/mol. The zero-order chi connectivity index (χ0) is 14.3. The lowest BCUT2D eigenvalue weighted by Gasteiger charge is -2.18. The molecule has 0 fully saturated rings. The molecule has 0 heterocycles. The standard InChI is InChI=1S/C15H22O4/c1-11(2)13-7-5-6-8-14(13)15(16)19-12(9-17-3)10-18-4/h5-8,11-12H,9-10H2,1-4H3. The summed E-state index contributed by atoms with van der Waals surface area (Å²) in [4.78, 5) is 12.2. The molecule has 0 aliphatic rings. The fourth-order valence-corrected chi connectivity index (χ4v) is 1.89. The summed E-state index contributed by atoms with van der Waals surface area (Å²) >= 11 is 0. The molecule has 0 atom stereocenters. The van der Waals surface area contributed by atoms with Gasteiger partial charge >= 0.3 is 5.97 Å². The van der Waals surface area contributed by atoms with Gasteiger partial charge < -0.3 is 14.2 Å². The quantitative estimate of drug-likeness (QED) is 0.712. The highest BCUT2D eigenvalue weighted by molar-refractivity contribution is 5.91. The molecule has 0 aliphatic carbocycles.